The number of anilines is 1. The zero-order valence-electron chi connectivity index (χ0n) is 7.87. The second-order valence-corrected chi connectivity index (χ2v) is 2.84. The van der Waals surface area contributed by atoms with Gasteiger partial charge in [0.25, 0.3) is 0 Å². The van der Waals surface area contributed by atoms with E-state index in [-0.39, 0.29) is 0 Å². The molecule has 0 unspecified atom stereocenters. The van der Waals surface area contributed by atoms with Crippen molar-refractivity contribution in [3.8, 4) is 0 Å². The molecule has 0 fully saturated rings. The Hall–Kier alpha value is -1.57. The van der Waals surface area contributed by atoms with E-state index in [1.807, 2.05) is 37.4 Å². The Morgan fingerprint density at radius 1 is 1.38 bits per heavy atom. The molecule has 2 nitrogen and oxygen atoms in total. The number of hydrogen-bond donors (Lipinski definition) is 1. The maximum Gasteiger partial charge on any atom is 0.145 e. The van der Waals surface area contributed by atoms with Gasteiger partial charge in [-0.2, -0.15) is 0 Å². The van der Waals surface area contributed by atoms with E-state index < -0.39 is 0 Å². The third kappa shape index (κ3) is 2.44. The zero-order chi connectivity index (χ0) is 9.68. The van der Waals surface area contributed by atoms with E-state index in [0.29, 0.717) is 0 Å². The summed E-state index contributed by atoms with van der Waals surface area (Å²) in [4.78, 5) is 10.4. The summed E-state index contributed by atoms with van der Waals surface area (Å²) in [7, 11) is 1.86. The number of carbonyl (C=O) groups is 1. The van der Waals surface area contributed by atoms with E-state index in [4.69, 9.17) is 0 Å². The van der Waals surface area contributed by atoms with Gasteiger partial charge in [-0.05, 0) is 30.2 Å². The molecule has 0 amide bonds. The molecule has 0 bridgehead atoms. The molecule has 0 heterocycles. The van der Waals surface area contributed by atoms with E-state index in [2.05, 4.69) is 5.32 Å². The number of hydrogen-bond acceptors (Lipinski definition) is 2. The molecule has 0 aliphatic carbocycles. The minimum absolute atomic E-state index is 0.725. The van der Waals surface area contributed by atoms with Crippen molar-refractivity contribution in [1.29, 1.82) is 0 Å². The van der Waals surface area contributed by atoms with Crippen LogP contribution in [0.25, 0.3) is 6.08 Å². The van der Waals surface area contributed by atoms with Gasteiger partial charge in [0, 0.05) is 12.7 Å². The largest absolute Gasteiger partial charge is 0.388 e. The van der Waals surface area contributed by atoms with Gasteiger partial charge in [-0.3, -0.25) is 4.79 Å². The molecule has 0 spiro atoms. The Bertz CT molecular complexity index is 329. The molecule has 0 saturated heterocycles. The third-order valence-corrected chi connectivity index (χ3v) is 1.80. The van der Waals surface area contributed by atoms with Crippen LogP contribution in [0.1, 0.15) is 12.5 Å². The van der Waals surface area contributed by atoms with Gasteiger partial charge in [0.1, 0.15) is 6.29 Å². The molecule has 1 aromatic rings. The van der Waals surface area contributed by atoms with Gasteiger partial charge >= 0.3 is 0 Å². The van der Waals surface area contributed by atoms with Crippen LogP contribution in [0.15, 0.2) is 29.8 Å². The molecule has 1 rings (SSSR count). The molecule has 0 radical (unpaired) electrons. The van der Waals surface area contributed by atoms with Gasteiger partial charge in [0.2, 0.25) is 0 Å². The summed E-state index contributed by atoms with van der Waals surface area (Å²) >= 11 is 0. The number of rotatable bonds is 3. The number of aldehydes is 1. The van der Waals surface area contributed by atoms with Gasteiger partial charge in [0.15, 0.2) is 0 Å². The smallest absolute Gasteiger partial charge is 0.145 e. The van der Waals surface area contributed by atoms with Crippen LogP contribution in [0.2, 0.25) is 0 Å². The standard InChI is InChI=1S/C11H13NO/c1-9(8-13)7-10-5-3-4-6-11(10)12-2/h3-8,12H,1-2H3/b9-7+. The molecule has 1 aromatic carbocycles. The molecule has 0 saturated carbocycles. The van der Waals surface area contributed by atoms with Crippen molar-refractivity contribution >= 4 is 18.0 Å². The topological polar surface area (TPSA) is 29.1 Å². The summed E-state index contributed by atoms with van der Waals surface area (Å²) in [5.74, 6) is 0. The van der Waals surface area contributed by atoms with Crippen LogP contribution in [0, 0.1) is 0 Å². The van der Waals surface area contributed by atoms with Crippen molar-refractivity contribution < 1.29 is 4.79 Å². The van der Waals surface area contributed by atoms with Gasteiger partial charge in [-0.15, -0.1) is 0 Å². The first kappa shape index (κ1) is 9.52. The zero-order valence-corrected chi connectivity index (χ0v) is 7.87. The summed E-state index contributed by atoms with van der Waals surface area (Å²) in [6, 6.07) is 7.85. The lowest BCUT2D eigenvalue weighted by atomic mass is 10.1. The van der Waals surface area contributed by atoms with E-state index in [0.717, 1.165) is 23.1 Å². The first-order valence-electron chi connectivity index (χ1n) is 4.18. The molecule has 0 aliphatic rings. The van der Waals surface area contributed by atoms with E-state index in [1.165, 1.54) is 0 Å². The summed E-state index contributed by atoms with van der Waals surface area (Å²) in [5.41, 5.74) is 2.79. The van der Waals surface area contributed by atoms with Crippen LogP contribution in [-0.2, 0) is 4.79 Å². The van der Waals surface area contributed by atoms with Crippen molar-refractivity contribution in [2.75, 3.05) is 12.4 Å². The van der Waals surface area contributed by atoms with Gasteiger partial charge in [0.05, 0.1) is 0 Å². The van der Waals surface area contributed by atoms with E-state index >= 15 is 0 Å². The molecule has 0 atom stereocenters. The highest BCUT2D eigenvalue weighted by Crippen LogP contribution is 2.16. The molecule has 1 N–H and O–H groups in total. The molecule has 0 aliphatic heterocycles. The number of para-hydroxylation sites is 1. The summed E-state index contributed by atoms with van der Waals surface area (Å²) < 4.78 is 0. The highest BCUT2D eigenvalue weighted by molar-refractivity contribution is 5.83. The SMILES string of the molecule is CNc1ccccc1/C=C(\C)C=O. The van der Waals surface area contributed by atoms with Crippen LogP contribution < -0.4 is 5.32 Å². The fourth-order valence-corrected chi connectivity index (χ4v) is 1.13. The van der Waals surface area contributed by atoms with Gasteiger partial charge < -0.3 is 5.32 Å². The average molecular weight is 175 g/mol. The number of carbonyl (C=O) groups excluding carboxylic acids is 1. The highest BCUT2D eigenvalue weighted by atomic mass is 16.1. The first-order chi connectivity index (χ1) is 6.27. The minimum Gasteiger partial charge on any atom is -0.388 e. The van der Waals surface area contributed by atoms with E-state index in [1.54, 1.807) is 6.92 Å². The Morgan fingerprint density at radius 3 is 2.69 bits per heavy atom. The molecule has 68 valence electrons. The maximum absolute atomic E-state index is 10.4. The Balaban J connectivity index is 3.06. The summed E-state index contributed by atoms with van der Waals surface area (Å²) in [5, 5.41) is 3.06. The van der Waals surface area contributed by atoms with E-state index in [9.17, 15) is 4.79 Å². The van der Waals surface area contributed by atoms with Crippen LogP contribution in [0.5, 0.6) is 0 Å². The molecule has 0 aromatic heterocycles. The molecular weight excluding hydrogens is 162 g/mol. The monoisotopic (exact) mass is 175 g/mol. The molecular formula is C11H13NO. The van der Waals surface area contributed by atoms with Crippen molar-refractivity contribution in [3.05, 3.63) is 35.4 Å². The predicted molar refractivity (Wildman–Crippen MR) is 55.7 cm³/mol. The normalized spacial score (nSPS) is 11.1. The lowest BCUT2D eigenvalue weighted by Crippen LogP contribution is -1.91. The lowest BCUT2D eigenvalue weighted by molar-refractivity contribution is -0.104. The molecule has 2 heteroatoms. The summed E-state index contributed by atoms with van der Waals surface area (Å²) in [6.45, 7) is 1.79. The fourth-order valence-electron chi connectivity index (χ4n) is 1.13. The van der Waals surface area contributed by atoms with Gasteiger partial charge in [-0.1, -0.05) is 18.2 Å². The van der Waals surface area contributed by atoms with Crippen LogP contribution in [0.4, 0.5) is 5.69 Å². The van der Waals surface area contributed by atoms with Crippen molar-refractivity contribution in [3.63, 3.8) is 0 Å². The summed E-state index contributed by atoms with van der Waals surface area (Å²) in [6.07, 6.45) is 2.71. The highest BCUT2D eigenvalue weighted by Gasteiger charge is 1.95. The maximum atomic E-state index is 10.4. The number of benzene rings is 1. The Morgan fingerprint density at radius 2 is 2.08 bits per heavy atom. The second kappa shape index (κ2) is 4.45. The Labute approximate surface area is 78.3 Å². The quantitative estimate of drug-likeness (QED) is 0.564. The van der Waals surface area contributed by atoms with Crippen LogP contribution in [-0.4, -0.2) is 13.3 Å². The lowest BCUT2D eigenvalue weighted by Gasteiger charge is -2.04. The third-order valence-electron chi connectivity index (χ3n) is 1.80. The number of allylic oxidation sites excluding steroid dienone is 1. The fraction of sp³-hybridized carbons (Fsp3) is 0.182. The molecule has 13 heavy (non-hydrogen) atoms. The van der Waals surface area contributed by atoms with Crippen molar-refractivity contribution in [2.24, 2.45) is 0 Å². The minimum atomic E-state index is 0.725. The van der Waals surface area contributed by atoms with Gasteiger partial charge in [-0.25, -0.2) is 0 Å². The van der Waals surface area contributed by atoms with Crippen LogP contribution in [0.3, 0.4) is 0 Å². The predicted octanol–water partition coefficient (Wildman–Crippen LogP) is 2.33. The van der Waals surface area contributed by atoms with Crippen LogP contribution >= 0.6 is 0 Å². The average Bonchev–Trinajstić information content (AvgIpc) is 2.18. The second-order valence-electron chi connectivity index (χ2n) is 2.84. The number of nitrogens with one attached hydrogen (secondary N) is 1. The van der Waals surface area contributed by atoms with Crippen molar-refractivity contribution in [2.45, 2.75) is 6.92 Å². The Kier molecular flexibility index (Phi) is 3.26. The van der Waals surface area contributed by atoms with Crippen molar-refractivity contribution in [1.82, 2.24) is 0 Å². The first-order valence-corrected chi connectivity index (χ1v) is 4.18.